The van der Waals surface area contributed by atoms with Crippen LogP contribution >= 0.6 is 0 Å². The first-order valence-electron chi connectivity index (χ1n) is 6.34. The number of amides is 1. The predicted octanol–water partition coefficient (Wildman–Crippen LogP) is 2.18. The lowest BCUT2D eigenvalue weighted by molar-refractivity contribution is 0.100. The van der Waals surface area contributed by atoms with E-state index >= 15 is 0 Å². The zero-order valence-corrected chi connectivity index (χ0v) is 11.6. The number of nitriles is 1. The minimum atomic E-state index is -0.513. The smallest absolute Gasteiger partial charge is 0.252 e. The lowest BCUT2D eigenvalue weighted by atomic mass is 10.0. The maximum Gasteiger partial charge on any atom is 0.252 e. The molecule has 0 radical (unpaired) electrons. The molecule has 0 bridgehead atoms. The second-order valence-electron chi connectivity index (χ2n) is 4.73. The van der Waals surface area contributed by atoms with Gasteiger partial charge in [-0.3, -0.25) is 9.48 Å². The van der Waals surface area contributed by atoms with E-state index in [0.717, 1.165) is 11.1 Å². The standard InChI is InChI=1S/C15H16N4O/c1-10-4-5-12(8-11(10)2)14-13(15(17)20)9-19(18-14)7-3-6-16/h4-5,8-9H,3,7H2,1-2H3,(H2,17,20). The van der Waals surface area contributed by atoms with E-state index in [4.69, 9.17) is 11.0 Å². The van der Waals surface area contributed by atoms with Gasteiger partial charge in [0.25, 0.3) is 5.91 Å². The Bertz CT molecular complexity index is 694. The zero-order chi connectivity index (χ0) is 14.7. The van der Waals surface area contributed by atoms with Crippen LogP contribution in [-0.4, -0.2) is 15.7 Å². The highest BCUT2D eigenvalue weighted by atomic mass is 16.1. The quantitative estimate of drug-likeness (QED) is 0.922. The van der Waals surface area contributed by atoms with Crippen LogP contribution < -0.4 is 5.73 Å². The van der Waals surface area contributed by atoms with Gasteiger partial charge in [-0.25, -0.2) is 0 Å². The van der Waals surface area contributed by atoms with Crippen LogP contribution in [0, 0.1) is 25.2 Å². The molecule has 2 rings (SSSR count). The molecule has 0 spiro atoms. The Morgan fingerprint density at radius 2 is 2.15 bits per heavy atom. The first-order chi connectivity index (χ1) is 9.52. The maximum atomic E-state index is 11.5. The lowest BCUT2D eigenvalue weighted by Crippen LogP contribution is -2.11. The molecule has 1 aromatic heterocycles. The summed E-state index contributed by atoms with van der Waals surface area (Å²) in [6.07, 6.45) is 1.94. The van der Waals surface area contributed by atoms with Gasteiger partial charge in [0, 0.05) is 11.8 Å². The monoisotopic (exact) mass is 268 g/mol. The van der Waals surface area contributed by atoms with Crippen LogP contribution in [0.15, 0.2) is 24.4 Å². The molecule has 2 N–H and O–H groups in total. The summed E-state index contributed by atoms with van der Waals surface area (Å²) in [7, 11) is 0. The fourth-order valence-corrected chi connectivity index (χ4v) is 1.98. The fourth-order valence-electron chi connectivity index (χ4n) is 1.98. The van der Waals surface area contributed by atoms with Gasteiger partial charge in [-0.05, 0) is 31.0 Å². The molecule has 102 valence electrons. The first kappa shape index (κ1) is 13.8. The normalized spacial score (nSPS) is 10.2. The van der Waals surface area contributed by atoms with Gasteiger partial charge in [-0.15, -0.1) is 0 Å². The first-order valence-corrected chi connectivity index (χ1v) is 6.34. The summed E-state index contributed by atoms with van der Waals surface area (Å²) in [4.78, 5) is 11.5. The molecule has 20 heavy (non-hydrogen) atoms. The number of benzene rings is 1. The summed E-state index contributed by atoms with van der Waals surface area (Å²) in [6, 6.07) is 7.95. The summed E-state index contributed by atoms with van der Waals surface area (Å²) in [6.45, 7) is 4.48. The highest BCUT2D eigenvalue weighted by molar-refractivity contribution is 5.98. The topological polar surface area (TPSA) is 84.7 Å². The number of primary amides is 1. The highest BCUT2D eigenvalue weighted by Crippen LogP contribution is 2.24. The summed E-state index contributed by atoms with van der Waals surface area (Å²) in [5.41, 5.74) is 9.52. The highest BCUT2D eigenvalue weighted by Gasteiger charge is 2.15. The molecule has 5 heteroatoms. The van der Waals surface area contributed by atoms with Crippen molar-refractivity contribution in [2.75, 3.05) is 0 Å². The Hall–Kier alpha value is -2.61. The average molecular weight is 268 g/mol. The molecular weight excluding hydrogens is 252 g/mol. The number of nitrogens with two attached hydrogens (primary N) is 1. The number of hydrogen-bond acceptors (Lipinski definition) is 3. The van der Waals surface area contributed by atoms with Gasteiger partial charge in [0.2, 0.25) is 0 Å². The molecule has 0 saturated carbocycles. The van der Waals surface area contributed by atoms with E-state index in [9.17, 15) is 4.79 Å². The van der Waals surface area contributed by atoms with Crippen molar-refractivity contribution < 1.29 is 4.79 Å². The Morgan fingerprint density at radius 3 is 2.75 bits per heavy atom. The fraction of sp³-hybridized carbons (Fsp3) is 0.267. The van der Waals surface area contributed by atoms with Gasteiger partial charge in [0.15, 0.2) is 0 Å². The van der Waals surface area contributed by atoms with Gasteiger partial charge in [0.05, 0.1) is 24.6 Å². The van der Waals surface area contributed by atoms with E-state index in [1.807, 2.05) is 32.0 Å². The van der Waals surface area contributed by atoms with Crippen LogP contribution in [0.2, 0.25) is 0 Å². The molecule has 2 aromatic rings. The zero-order valence-electron chi connectivity index (χ0n) is 11.6. The van der Waals surface area contributed by atoms with Gasteiger partial charge in [-0.2, -0.15) is 10.4 Å². The van der Waals surface area contributed by atoms with Crippen LogP contribution in [0.4, 0.5) is 0 Å². The number of carbonyl (C=O) groups excluding carboxylic acids is 1. The Balaban J connectivity index is 2.48. The van der Waals surface area contributed by atoms with Crippen molar-refractivity contribution in [3.63, 3.8) is 0 Å². The Labute approximate surface area is 117 Å². The number of carbonyl (C=O) groups is 1. The third kappa shape index (κ3) is 2.69. The Kier molecular flexibility index (Phi) is 3.85. The van der Waals surface area contributed by atoms with Crippen LogP contribution in [0.1, 0.15) is 27.9 Å². The van der Waals surface area contributed by atoms with E-state index in [1.165, 1.54) is 5.56 Å². The molecule has 0 aliphatic rings. The van der Waals surface area contributed by atoms with E-state index < -0.39 is 5.91 Å². The molecule has 1 aromatic carbocycles. The molecule has 0 fully saturated rings. The van der Waals surface area contributed by atoms with Crippen molar-refractivity contribution in [1.82, 2.24) is 9.78 Å². The third-order valence-corrected chi connectivity index (χ3v) is 3.26. The number of rotatable bonds is 4. The molecule has 0 saturated heterocycles. The number of hydrogen-bond donors (Lipinski definition) is 1. The third-order valence-electron chi connectivity index (χ3n) is 3.26. The average Bonchev–Trinajstić information content (AvgIpc) is 2.84. The van der Waals surface area contributed by atoms with E-state index in [-0.39, 0.29) is 0 Å². The van der Waals surface area contributed by atoms with Gasteiger partial charge in [-0.1, -0.05) is 12.1 Å². The van der Waals surface area contributed by atoms with Gasteiger partial charge < -0.3 is 5.73 Å². The van der Waals surface area contributed by atoms with Crippen molar-refractivity contribution in [3.8, 4) is 17.3 Å². The maximum absolute atomic E-state index is 11.5. The lowest BCUT2D eigenvalue weighted by Gasteiger charge is -2.04. The SMILES string of the molecule is Cc1ccc(-c2nn(CCC#N)cc2C(N)=O)cc1C. The van der Waals surface area contributed by atoms with Crippen LogP contribution in [0.25, 0.3) is 11.3 Å². The number of nitrogens with zero attached hydrogens (tertiary/aromatic N) is 3. The second-order valence-corrected chi connectivity index (χ2v) is 4.73. The molecule has 1 heterocycles. The molecule has 1 amide bonds. The van der Waals surface area contributed by atoms with Crippen LogP contribution in [0.5, 0.6) is 0 Å². The van der Waals surface area contributed by atoms with Crippen molar-refractivity contribution in [2.45, 2.75) is 26.8 Å². The van der Waals surface area contributed by atoms with Crippen molar-refractivity contribution in [1.29, 1.82) is 5.26 Å². The molecule has 0 aliphatic heterocycles. The van der Waals surface area contributed by atoms with Crippen molar-refractivity contribution in [3.05, 3.63) is 41.1 Å². The summed E-state index contributed by atoms with van der Waals surface area (Å²) in [5.74, 6) is -0.513. The van der Waals surface area contributed by atoms with Crippen LogP contribution in [0.3, 0.4) is 0 Å². The minimum Gasteiger partial charge on any atom is -0.365 e. The molecular formula is C15H16N4O. The van der Waals surface area contributed by atoms with Crippen molar-refractivity contribution >= 4 is 5.91 Å². The largest absolute Gasteiger partial charge is 0.365 e. The van der Waals surface area contributed by atoms with E-state index in [0.29, 0.717) is 24.2 Å². The molecule has 5 nitrogen and oxygen atoms in total. The van der Waals surface area contributed by atoms with Crippen LogP contribution in [-0.2, 0) is 6.54 Å². The second kappa shape index (κ2) is 5.57. The summed E-state index contributed by atoms with van der Waals surface area (Å²) in [5, 5.41) is 13.0. The van der Waals surface area contributed by atoms with Gasteiger partial charge in [0.1, 0.15) is 5.69 Å². The summed E-state index contributed by atoms with van der Waals surface area (Å²) >= 11 is 0. The minimum absolute atomic E-state index is 0.340. The molecule has 0 atom stereocenters. The Morgan fingerprint density at radius 1 is 1.40 bits per heavy atom. The molecule has 0 unspecified atom stereocenters. The van der Waals surface area contributed by atoms with E-state index in [1.54, 1.807) is 10.9 Å². The summed E-state index contributed by atoms with van der Waals surface area (Å²) < 4.78 is 1.59. The molecule has 0 aliphatic carbocycles. The number of aryl methyl sites for hydroxylation is 3. The van der Waals surface area contributed by atoms with Gasteiger partial charge >= 0.3 is 0 Å². The predicted molar refractivity (Wildman–Crippen MR) is 75.9 cm³/mol. The van der Waals surface area contributed by atoms with Crippen molar-refractivity contribution in [2.24, 2.45) is 5.73 Å². The van der Waals surface area contributed by atoms with E-state index in [2.05, 4.69) is 11.2 Å². The number of aromatic nitrogens is 2.